The maximum atomic E-state index is 12.1. The minimum absolute atomic E-state index is 0.00583. The number of anilines is 1. The number of thioether (sulfide) groups is 1. The zero-order chi connectivity index (χ0) is 13.4. The smallest absolute Gasteiger partial charge is 0.267 e. The highest BCUT2D eigenvalue weighted by atomic mass is 32.2. The van der Waals surface area contributed by atoms with Gasteiger partial charge in [-0.1, -0.05) is 11.8 Å². The molecule has 2 aromatic heterocycles. The van der Waals surface area contributed by atoms with Crippen molar-refractivity contribution in [3.8, 4) is 0 Å². The van der Waals surface area contributed by atoms with E-state index >= 15 is 0 Å². The number of fused-ring (bicyclic) bond motifs is 1. The largest absolute Gasteiger partial charge is 0.289 e. The van der Waals surface area contributed by atoms with Crippen LogP contribution in [0.4, 0.5) is 5.95 Å². The zero-order valence-electron chi connectivity index (χ0n) is 10.0. The molecule has 3 heterocycles. The lowest BCUT2D eigenvalue weighted by Gasteiger charge is -2.04. The lowest BCUT2D eigenvalue weighted by atomic mass is 10.3. The zero-order valence-corrected chi connectivity index (χ0v) is 10.8. The maximum Gasteiger partial charge on any atom is 0.267 e. The van der Waals surface area contributed by atoms with E-state index in [0.29, 0.717) is 17.5 Å². The number of nitrogens with zero attached hydrogens (tertiary/aromatic N) is 4. The lowest BCUT2D eigenvalue weighted by molar-refractivity contribution is 0.102. The van der Waals surface area contributed by atoms with Crippen LogP contribution in [-0.2, 0) is 6.54 Å². The molecular weight excluding hydrogens is 268 g/mol. The fourth-order valence-corrected chi connectivity index (χ4v) is 2.65. The number of carbonyl (C=O) groups excluding carboxylic acids is 1. The van der Waals surface area contributed by atoms with Crippen molar-refractivity contribution in [3.05, 3.63) is 27.9 Å². The van der Waals surface area contributed by atoms with Gasteiger partial charge < -0.3 is 0 Å². The normalized spacial score (nSPS) is 13.3. The summed E-state index contributed by atoms with van der Waals surface area (Å²) in [6.07, 6.45) is 1.29. The van der Waals surface area contributed by atoms with Gasteiger partial charge in [0.15, 0.2) is 5.16 Å². The van der Waals surface area contributed by atoms with Gasteiger partial charge in [-0.15, -0.1) is 5.10 Å². The quantitative estimate of drug-likeness (QED) is 0.751. The number of aryl methyl sites for hydroxylation is 1. The fraction of sp³-hybridized carbons (Fsp3) is 0.300. The van der Waals surface area contributed by atoms with Gasteiger partial charge in [0.05, 0.1) is 0 Å². The number of nitrogens with one attached hydrogen (secondary N) is 2. The Kier molecular flexibility index (Phi) is 2.82. The number of hydrogen-bond acceptors (Lipinski definition) is 6. The van der Waals surface area contributed by atoms with Gasteiger partial charge in [-0.25, -0.2) is 4.98 Å². The monoisotopic (exact) mass is 278 g/mol. The van der Waals surface area contributed by atoms with Crippen LogP contribution in [0.25, 0.3) is 0 Å². The van der Waals surface area contributed by atoms with E-state index in [-0.39, 0.29) is 17.1 Å². The molecule has 3 rings (SSSR count). The molecule has 0 saturated carbocycles. The SMILES string of the molecule is Cc1nc(NC(=O)c2cnc3n(c2=O)CCS3)n[nH]1. The molecule has 1 aliphatic rings. The summed E-state index contributed by atoms with van der Waals surface area (Å²) in [6.45, 7) is 2.29. The Morgan fingerprint density at radius 3 is 3.16 bits per heavy atom. The molecule has 1 amide bonds. The lowest BCUT2D eigenvalue weighted by Crippen LogP contribution is -2.29. The van der Waals surface area contributed by atoms with Crippen LogP contribution in [0, 0.1) is 6.92 Å². The number of amides is 1. The van der Waals surface area contributed by atoms with E-state index < -0.39 is 5.91 Å². The summed E-state index contributed by atoms with van der Waals surface area (Å²) in [6, 6.07) is 0. The van der Waals surface area contributed by atoms with Crippen LogP contribution >= 0.6 is 11.8 Å². The van der Waals surface area contributed by atoms with Gasteiger partial charge in [-0.05, 0) is 6.92 Å². The van der Waals surface area contributed by atoms with Crippen LogP contribution in [0.15, 0.2) is 16.1 Å². The first-order valence-electron chi connectivity index (χ1n) is 5.58. The van der Waals surface area contributed by atoms with E-state index in [2.05, 4.69) is 25.5 Å². The van der Waals surface area contributed by atoms with Crippen molar-refractivity contribution in [2.75, 3.05) is 11.1 Å². The first-order chi connectivity index (χ1) is 9.15. The summed E-state index contributed by atoms with van der Waals surface area (Å²) in [7, 11) is 0. The van der Waals surface area contributed by atoms with Crippen LogP contribution in [0.1, 0.15) is 16.2 Å². The van der Waals surface area contributed by atoms with Crippen LogP contribution in [0.2, 0.25) is 0 Å². The Labute approximate surface area is 111 Å². The first kappa shape index (κ1) is 11.9. The third kappa shape index (κ3) is 2.12. The minimum Gasteiger partial charge on any atom is -0.289 e. The predicted molar refractivity (Wildman–Crippen MR) is 68.3 cm³/mol. The van der Waals surface area contributed by atoms with Crippen LogP contribution in [0.5, 0.6) is 0 Å². The summed E-state index contributed by atoms with van der Waals surface area (Å²) in [5.74, 6) is 0.967. The number of rotatable bonds is 2. The van der Waals surface area contributed by atoms with E-state index in [4.69, 9.17) is 0 Å². The van der Waals surface area contributed by atoms with Crippen molar-refractivity contribution in [3.63, 3.8) is 0 Å². The summed E-state index contributed by atoms with van der Waals surface area (Å²) >= 11 is 1.50. The van der Waals surface area contributed by atoms with Gasteiger partial charge >= 0.3 is 0 Å². The summed E-state index contributed by atoms with van der Waals surface area (Å²) in [5, 5.41) is 9.49. The van der Waals surface area contributed by atoms with Gasteiger partial charge in [0.25, 0.3) is 11.5 Å². The molecule has 8 nitrogen and oxygen atoms in total. The van der Waals surface area contributed by atoms with Crippen molar-refractivity contribution in [2.45, 2.75) is 18.6 Å². The highest BCUT2D eigenvalue weighted by molar-refractivity contribution is 7.99. The Hall–Kier alpha value is -2.16. The van der Waals surface area contributed by atoms with Crippen molar-refractivity contribution in [1.82, 2.24) is 24.7 Å². The fourth-order valence-electron chi connectivity index (χ4n) is 1.74. The molecule has 1 aliphatic heterocycles. The number of hydrogen-bond donors (Lipinski definition) is 2. The van der Waals surface area contributed by atoms with Gasteiger partial charge in [0, 0.05) is 18.5 Å². The molecule has 0 radical (unpaired) electrons. The second kappa shape index (κ2) is 4.50. The third-order valence-electron chi connectivity index (χ3n) is 2.62. The average molecular weight is 278 g/mol. The topological polar surface area (TPSA) is 106 Å². The van der Waals surface area contributed by atoms with Crippen molar-refractivity contribution in [1.29, 1.82) is 0 Å². The molecule has 19 heavy (non-hydrogen) atoms. The summed E-state index contributed by atoms with van der Waals surface area (Å²) in [5.41, 5.74) is -0.339. The molecule has 2 N–H and O–H groups in total. The number of aromatic amines is 1. The molecule has 0 atom stereocenters. The molecule has 0 unspecified atom stereocenters. The second-order valence-corrected chi connectivity index (χ2v) is 5.02. The Morgan fingerprint density at radius 2 is 2.42 bits per heavy atom. The maximum absolute atomic E-state index is 12.1. The Morgan fingerprint density at radius 1 is 1.58 bits per heavy atom. The van der Waals surface area contributed by atoms with Crippen molar-refractivity contribution >= 4 is 23.6 Å². The number of carbonyl (C=O) groups is 1. The molecule has 9 heteroatoms. The standard InChI is InChI=1S/C10H10N6O2S/c1-5-12-9(15-14-5)13-7(17)6-4-11-10-16(8(6)18)2-3-19-10/h4H,2-3H2,1H3,(H2,12,13,14,15,17). The van der Waals surface area contributed by atoms with Gasteiger partial charge in [-0.2, -0.15) is 4.98 Å². The highest BCUT2D eigenvalue weighted by Gasteiger charge is 2.20. The van der Waals surface area contributed by atoms with Crippen molar-refractivity contribution in [2.24, 2.45) is 0 Å². The highest BCUT2D eigenvalue weighted by Crippen LogP contribution is 2.20. The van der Waals surface area contributed by atoms with E-state index in [9.17, 15) is 9.59 Å². The minimum atomic E-state index is -0.552. The summed E-state index contributed by atoms with van der Waals surface area (Å²) in [4.78, 5) is 32.1. The summed E-state index contributed by atoms with van der Waals surface area (Å²) < 4.78 is 1.50. The Bertz CT molecular complexity index is 706. The third-order valence-corrected chi connectivity index (χ3v) is 3.59. The molecule has 0 spiro atoms. The molecule has 0 saturated heterocycles. The van der Waals surface area contributed by atoms with E-state index in [0.717, 1.165) is 5.75 Å². The number of aromatic nitrogens is 5. The van der Waals surface area contributed by atoms with E-state index in [1.165, 1.54) is 22.5 Å². The molecule has 98 valence electrons. The Balaban J connectivity index is 1.90. The predicted octanol–water partition coefficient (Wildman–Crippen LogP) is 0.0278. The van der Waals surface area contributed by atoms with E-state index in [1.54, 1.807) is 6.92 Å². The van der Waals surface area contributed by atoms with Gasteiger partial charge in [0.1, 0.15) is 11.4 Å². The first-order valence-corrected chi connectivity index (χ1v) is 6.56. The van der Waals surface area contributed by atoms with Crippen LogP contribution in [0.3, 0.4) is 0 Å². The molecule has 0 fully saturated rings. The van der Waals surface area contributed by atoms with Crippen LogP contribution in [-0.4, -0.2) is 36.4 Å². The van der Waals surface area contributed by atoms with Gasteiger partial charge in [-0.3, -0.25) is 24.6 Å². The van der Waals surface area contributed by atoms with E-state index in [1.807, 2.05) is 0 Å². The molecular formula is C10H10N6O2S. The average Bonchev–Trinajstić information content (AvgIpc) is 2.99. The van der Waals surface area contributed by atoms with Crippen molar-refractivity contribution < 1.29 is 4.79 Å². The van der Waals surface area contributed by atoms with Crippen LogP contribution < -0.4 is 10.9 Å². The molecule has 2 aromatic rings. The molecule has 0 aliphatic carbocycles. The molecule has 0 bridgehead atoms. The second-order valence-electron chi connectivity index (χ2n) is 3.96. The number of H-pyrrole nitrogens is 1. The van der Waals surface area contributed by atoms with Gasteiger partial charge in [0.2, 0.25) is 5.95 Å². The molecule has 0 aromatic carbocycles.